The first-order chi connectivity index (χ1) is 9.90. The van der Waals surface area contributed by atoms with Crippen LogP contribution in [0.2, 0.25) is 5.02 Å². The highest BCUT2D eigenvalue weighted by Gasteiger charge is 2.21. The fraction of sp³-hybridized carbons (Fsp3) is 0.571. The normalized spacial score (nSPS) is 16.7. The second-order valence-corrected chi connectivity index (χ2v) is 7.65. The Bertz CT molecular complexity index is 586. The number of benzene rings is 1. The van der Waals surface area contributed by atoms with Crippen LogP contribution in [0.4, 0.5) is 5.69 Å². The molecule has 0 heterocycles. The molecule has 0 saturated heterocycles. The highest BCUT2D eigenvalue weighted by molar-refractivity contribution is 7.89. The quantitative estimate of drug-likeness (QED) is 0.782. The highest BCUT2D eigenvalue weighted by Crippen LogP contribution is 2.24. The Morgan fingerprint density at radius 2 is 2.05 bits per heavy atom. The van der Waals surface area contributed by atoms with Crippen molar-refractivity contribution in [2.45, 2.75) is 36.6 Å². The van der Waals surface area contributed by atoms with Gasteiger partial charge in [-0.25, -0.2) is 13.1 Å². The predicted molar refractivity (Wildman–Crippen MR) is 85.9 cm³/mol. The molecule has 0 atom stereocenters. The minimum atomic E-state index is -3.59. The molecule has 1 aromatic rings. The molecule has 0 aromatic heterocycles. The largest absolute Gasteiger partial charge is 0.399 e. The molecule has 1 aliphatic carbocycles. The lowest BCUT2D eigenvalue weighted by Gasteiger charge is -2.23. The van der Waals surface area contributed by atoms with E-state index >= 15 is 0 Å². The van der Waals surface area contributed by atoms with E-state index in [9.17, 15) is 8.42 Å². The Labute approximate surface area is 131 Å². The minimum Gasteiger partial charge on any atom is -0.399 e. The molecular weight excluding hydrogens is 310 g/mol. The van der Waals surface area contributed by atoms with E-state index in [0.717, 1.165) is 0 Å². The molecule has 1 saturated carbocycles. The van der Waals surface area contributed by atoms with Gasteiger partial charge < -0.3 is 10.6 Å². The number of sulfonamides is 1. The van der Waals surface area contributed by atoms with Gasteiger partial charge in [0, 0.05) is 24.8 Å². The number of halogens is 1. The topological polar surface area (TPSA) is 75.4 Å². The van der Waals surface area contributed by atoms with Crippen molar-refractivity contribution in [2.75, 3.05) is 25.9 Å². The zero-order chi connectivity index (χ0) is 15.5. The maximum Gasteiger partial charge on any atom is 0.242 e. The molecule has 1 aliphatic rings. The molecule has 3 N–H and O–H groups in total. The highest BCUT2D eigenvalue weighted by atomic mass is 35.5. The first-order valence-electron chi connectivity index (χ1n) is 7.15. The van der Waals surface area contributed by atoms with Crippen LogP contribution in [0, 0.1) is 0 Å². The number of anilines is 1. The summed E-state index contributed by atoms with van der Waals surface area (Å²) in [5.41, 5.74) is 6.02. The molecular formula is C14H22ClN3O2S. The van der Waals surface area contributed by atoms with Gasteiger partial charge in [-0.15, -0.1) is 0 Å². The number of nitrogens with two attached hydrogens (primary N) is 1. The van der Waals surface area contributed by atoms with E-state index in [1.54, 1.807) is 0 Å². The Morgan fingerprint density at radius 3 is 2.67 bits per heavy atom. The van der Waals surface area contributed by atoms with E-state index in [2.05, 4.69) is 9.62 Å². The summed E-state index contributed by atoms with van der Waals surface area (Å²) in [6.07, 6.45) is 4.93. The van der Waals surface area contributed by atoms with Gasteiger partial charge in [0.1, 0.15) is 4.90 Å². The Morgan fingerprint density at radius 1 is 1.38 bits per heavy atom. The van der Waals surface area contributed by atoms with Crippen molar-refractivity contribution in [3.8, 4) is 0 Å². The molecule has 5 nitrogen and oxygen atoms in total. The van der Waals surface area contributed by atoms with E-state index in [1.807, 2.05) is 7.05 Å². The molecule has 0 amide bonds. The Balaban J connectivity index is 1.92. The van der Waals surface area contributed by atoms with Crippen molar-refractivity contribution in [2.24, 2.45) is 0 Å². The van der Waals surface area contributed by atoms with Crippen LogP contribution in [0.5, 0.6) is 0 Å². The number of nitrogens with one attached hydrogen (secondary N) is 1. The molecule has 2 rings (SSSR count). The third kappa shape index (κ3) is 4.32. The zero-order valence-electron chi connectivity index (χ0n) is 12.2. The van der Waals surface area contributed by atoms with Crippen LogP contribution in [-0.2, 0) is 10.0 Å². The van der Waals surface area contributed by atoms with Crippen molar-refractivity contribution in [3.63, 3.8) is 0 Å². The number of nitrogen functional groups attached to an aromatic ring is 1. The monoisotopic (exact) mass is 331 g/mol. The summed E-state index contributed by atoms with van der Waals surface area (Å²) < 4.78 is 27.0. The van der Waals surface area contributed by atoms with Crippen LogP contribution in [0.3, 0.4) is 0 Å². The third-order valence-electron chi connectivity index (χ3n) is 3.95. The molecule has 0 radical (unpaired) electrons. The molecule has 7 heteroatoms. The van der Waals surface area contributed by atoms with Crippen LogP contribution >= 0.6 is 11.6 Å². The van der Waals surface area contributed by atoms with Gasteiger partial charge in [0.25, 0.3) is 0 Å². The van der Waals surface area contributed by atoms with Crippen LogP contribution in [-0.4, -0.2) is 39.5 Å². The molecule has 0 unspecified atom stereocenters. The molecule has 21 heavy (non-hydrogen) atoms. The van der Waals surface area contributed by atoms with Crippen LogP contribution in [0.25, 0.3) is 0 Å². The number of hydrogen-bond donors (Lipinski definition) is 2. The summed E-state index contributed by atoms with van der Waals surface area (Å²) in [7, 11) is -1.55. The van der Waals surface area contributed by atoms with Gasteiger partial charge in [-0.05, 0) is 38.1 Å². The van der Waals surface area contributed by atoms with E-state index in [4.69, 9.17) is 17.3 Å². The zero-order valence-corrected chi connectivity index (χ0v) is 13.8. The SMILES string of the molecule is CN(CCNS(=O)(=O)c1ccc(N)cc1Cl)C1CCCC1. The molecule has 1 aromatic carbocycles. The lowest BCUT2D eigenvalue weighted by atomic mass is 10.2. The lowest BCUT2D eigenvalue weighted by Crippen LogP contribution is -2.37. The second-order valence-electron chi connectivity index (χ2n) is 5.51. The summed E-state index contributed by atoms with van der Waals surface area (Å²) in [6.45, 7) is 1.06. The molecule has 0 bridgehead atoms. The number of rotatable bonds is 6. The average Bonchev–Trinajstić information content (AvgIpc) is 2.91. The van der Waals surface area contributed by atoms with Gasteiger partial charge in [0.2, 0.25) is 10.0 Å². The van der Waals surface area contributed by atoms with Gasteiger partial charge in [0.15, 0.2) is 0 Å². The fourth-order valence-electron chi connectivity index (χ4n) is 2.70. The van der Waals surface area contributed by atoms with E-state index in [0.29, 0.717) is 24.8 Å². The van der Waals surface area contributed by atoms with Crippen LogP contribution in [0.1, 0.15) is 25.7 Å². The third-order valence-corrected chi connectivity index (χ3v) is 5.89. The summed E-state index contributed by atoms with van der Waals surface area (Å²) in [5, 5.41) is 0.145. The van der Waals surface area contributed by atoms with Gasteiger partial charge in [-0.2, -0.15) is 0 Å². The Kier molecular flexibility index (Phi) is 5.48. The molecule has 0 aliphatic heterocycles. The van der Waals surface area contributed by atoms with E-state index < -0.39 is 10.0 Å². The van der Waals surface area contributed by atoms with Gasteiger partial charge in [-0.1, -0.05) is 24.4 Å². The van der Waals surface area contributed by atoms with E-state index in [1.165, 1.54) is 43.9 Å². The smallest absolute Gasteiger partial charge is 0.242 e. The second kappa shape index (κ2) is 6.96. The Hall–Kier alpha value is -0.820. The number of hydrogen-bond acceptors (Lipinski definition) is 4. The van der Waals surface area contributed by atoms with E-state index in [-0.39, 0.29) is 9.92 Å². The van der Waals surface area contributed by atoms with Crippen molar-refractivity contribution >= 4 is 27.3 Å². The van der Waals surface area contributed by atoms with Gasteiger partial charge in [0.05, 0.1) is 5.02 Å². The summed E-state index contributed by atoms with van der Waals surface area (Å²) in [4.78, 5) is 2.29. The predicted octanol–water partition coefficient (Wildman–Crippen LogP) is 2.07. The van der Waals surface area contributed by atoms with Gasteiger partial charge in [-0.3, -0.25) is 0 Å². The van der Waals surface area contributed by atoms with Gasteiger partial charge >= 0.3 is 0 Å². The number of likely N-dealkylation sites (N-methyl/N-ethyl adjacent to an activating group) is 1. The van der Waals surface area contributed by atoms with Crippen molar-refractivity contribution in [3.05, 3.63) is 23.2 Å². The first-order valence-corrected chi connectivity index (χ1v) is 9.01. The standard InChI is InChI=1S/C14H22ClN3O2S/c1-18(12-4-2-3-5-12)9-8-17-21(19,20)14-7-6-11(16)10-13(14)15/h6-7,10,12,17H,2-5,8-9,16H2,1H3. The molecule has 1 fully saturated rings. The van der Waals surface area contributed by atoms with Crippen molar-refractivity contribution in [1.82, 2.24) is 9.62 Å². The molecule has 0 spiro atoms. The maximum absolute atomic E-state index is 12.2. The van der Waals surface area contributed by atoms with Crippen LogP contribution in [0.15, 0.2) is 23.1 Å². The molecule has 118 valence electrons. The lowest BCUT2D eigenvalue weighted by molar-refractivity contribution is 0.250. The minimum absolute atomic E-state index is 0.0712. The van der Waals surface area contributed by atoms with Crippen molar-refractivity contribution in [1.29, 1.82) is 0 Å². The summed E-state index contributed by atoms with van der Waals surface area (Å²) in [5.74, 6) is 0. The summed E-state index contributed by atoms with van der Waals surface area (Å²) in [6, 6.07) is 4.99. The average molecular weight is 332 g/mol. The van der Waals surface area contributed by atoms with Crippen LogP contribution < -0.4 is 10.5 Å². The fourth-order valence-corrected chi connectivity index (χ4v) is 4.27. The van der Waals surface area contributed by atoms with Crippen molar-refractivity contribution < 1.29 is 8.42 Å². The maximum atomic E-state index is 12.2. The number of nitrogens with zero attached hydrogens (tertiary/aromatic N) is 1. The summed E-state index contributed by atoms with van der Waals surface area (Å²) >= 11 is 5.95. The first kappa shape index (κ1) is 16.5.